The lowest BCUT2D eigenvalue weighted by Crippen LogP contribution is -2.47. The number of aryl methyl sites for hydroxylation is 1. The second-order valence-corrected chi connectivity index (χ2v) is 8.40. The van der Waals surface area contributed by atoms with Gasteiger partial charge in [-0.15, -0.1) is 5.10 Å². The van der Waals surface area contributed by atoms with Crippen LogP contribution in [-0.4, -0.2) is 38.0 Å². The molecule has 2 N–H and O–H groups in total. The van der Waals surface area contributed by atoms with Crippen LogP contribution in [0.15, 0.2) is 66.0 Å². The maximum Gasteiger partial charge on any atom is 0.338 e. The molecule has 180 valence electrons. The number of ether oxygens (including phenoxy) is 1. The van der Waals surface area contributed by atoms with E-state index >= 15 is 0 Å². The quantitative estimate of drug-likeness (QED) is 0.302. The molecule has 0 bridgehead atoms. The van der Waals surface area contributed by atoms with Crippen LogP contribution in [0.2, 0.25) is 0 Å². The number of carbonyl (C=O) groups is 2. The number of carbonyl (C=O) groups excluding carboxylic acids is 2. The molecule has 1 aromatic heterocycles. The van der Waals surface area contributed by atoms with Crippen molar-refractivity contribution in [3.05, 3.63) is 87.2 Å². The summed E-state index contributed by atoms with van der Waals surface area (Å²) < 4.78 is 6.95. The molecular formula is C24H24N6O5. The number of urea groups is 1. The topological polar surface area (TPSA) is 141 Å². The third-order valence-corrected chi connectivity index (χ3v) is 5.30. The summed E-state index contributed by atoms with van der Waals surface area (Å²) in [7, 11) is 0. The van der Waals surface area contributed by atoms with Gasteiger partial charge in [0.1, 0.15) is 5.69 Å². The number of non-ortho nitro benzene ring substituents is 1. The lowest BCUT2D eigenvalue weighted by molar-refractivity contribution is -0.384. The highest BCUT2D eigenvalue weighted by Crippen LogP contribution is 2.30. The number of benzene rings is 2. The summed E-state index contributed by atoms with van der Waals surface area (Å²) in [5.41, 5.74) is 3.20. The molecule has 0 aliphatic carbocycles. The van der Waals surface area contributed by atoms with Crippen LogP contribution in [0.4, 0.5) is 10.5 Å². The maximum absolute atomic E-state index is 13.1. The molecule has 11 heteroatoms. The van der Waals surface area contributed by atoms with Crippen LogP contribution in [0.3, 0.4) is 0 Å². The lowest BCUT2D eigenvalue weighted by Gasteiger charge is -2.29. The third-order valence-electron chi connectivity index (χ3n) is 5.30. The van der Waals surface area contributed by atoms with E-state index in [1.54, 1.807) is 26.1 Å². The van der Waals surface area contributed by atoms with E-state index in [0.717, 1.165) is 11.1 Å². The Morgan fingerprint density at radius 1 is 1.23 bits per heavy atom. The van der Waals surface area contributed by atoms with Crippen LogP contribution in [0.5, 0.6) is 0 Å². The second-order valence-electron chi connectivity index (χ2n) is 8.40. The molecule has 2 aromatic carbocycles. The third kappa shape index (κ3) is 5.35. The molecule has 0 saturated heterocycles. The zero-order valence-corrected chi connectivity index (χ0v) is 19.4. The van der Waals surface area contributed by atoms with Gasteiger partial charge in [-0.1, -0.05) is 41.1 Å². The molecule has 2 amide bonds. The van der Waals surface area contributed by atoms with Gasteiger partial charge >= 0.3 is 12.0 Å². The Balaban J connectivity index is 1.75. The highest BCUT2D eigenvalue weighted by molar-refractivity contribution is 5.95. The number of nitro benzene ring substituents is 1. The molecule has 0 radical (unpaired) electrons. The Bertz CT molecular complexity index is 1330. The number of nitrogens with one attached hydrogen (secondary N) is 2. The first-order valence-corrected chi connectivity index (χ1v) is 10.9. The zero-order chi connectivity index (χ0) is 25.1. The molecule has 1 aliphatic rings. The van der Waals surface area contributed by atoms with Crippen LogP contribution >= 0.6 is 0 Å². The number of hydrogen-bond donors (Lipinski definition) is 2. The summed E-state index contributed by atoms with van der Waals surface area (Å²) in [6.07, 6.45) is 1.29. The second kappa shape index (κ2) is 9.75. The van der Waals surface area contributed by atoms with Crippen molar-refractivity contribution in [2.24, 2.45) is 0 Å². The highest BCUT2D eigenvalue weighted by atomic mass is 16.6. The van der Waals surface area contributed by atoms with Crippen LogP contribution in [0, 0.1) is 17.0 Å². The van der Waals surface area contributed by atoms with Gasteiger partial charge in [0.05, 0.1) is 41.1 Å². The Morgan fingerprint density at radius 2 is 2.00 bits per heavy atom. The molecule has 1 unspecified atom stereocenters. The van der Waals surface area contributed by atoms with Crippen LogP contribution < -0.4 is 10.6 Å². The van der Waals surface area contributed by atoms with E-state index in [2.05, 4.69) is 20.9 Å². The van der Waals surface area contributed by atoms with E-state index in [9.17, 15) is 19.7 Å². The fourth-order valence-corrected chi connectivity index (χ4v) is 3.80. The number of allylic oxidation sites excluding steroid dienone is 1. The molecule has 35 heavy (non-hydrogen) atoms. The summed E-state index contributed by atoms with van der Waals surface area (Å²) in [6.45, 7) is 5.42. The van der Waals surface area contributed by atoms with Crippen molar-refractivity contribution in [2.75, 3.05) is 0 Å². The van der Waals surface area contributed by atoms with Gasteiger partial charge in [0.25, 0.3) is 5.69 Å². The molecule has 0 fully saturated rings. The number of nitro groups is 1. The SMILES string of the molecule is Cc1cccc(-c2cn(CC3=C(C(=O)OC(C)C)C(c4cccc([N+](=O)[O-])c4)NC(=O)N3)nn2)c1. The number of aromatic nitrogens is 3. The fraction of sp³-hybridized carbons (Fsp3) is 0.250. The molecule has 3 aromatic rings. The number of rotatable bonds is 7. The summed E-state index contributed by atoms with van der Waals surface area (Å²) in [6, 6.07) is 12.0. The molecule has 2 heterocycles. The fourth-order valence-electron chi connectivity index (χ4n) is 3.80. The minimum atomic E-state index is -0.954. The van der Waals surface area contributed by atoms with Gasteiger partial charge in [0.15, 0.2) is 0 Å². The van der Waals surface area contributed by atoms with Crippen molar-refractivity contribution in [1.82, 2.24) is 25.6 Å². The average Bonchev–Trinajstić information content (AvgIpc) is 3.26. The van der Waals surface area contributed by atoms with Gasteiger partial charge in [-0.3, -0.25) is 10.1 Å². The lowest BCUT2D eigenvalue weighted by atomic mass is 9.94. The molecule has 0 spiro atoms. The van der Waals surface area contributed by atoms with Crippen LogP contribution in [0.1, 0.15) is 31.0 Å². The molecule has 11 nitrogen and oxygen atoms in total. The van der Waals surface area contributed by atoms with Gasteiger partial charge < -0.3 is 15.4 Å². The molecule has 4 rings (SSSR count). The first kappa shape index (κ1) is 23.6. The van der Waals surface area contributed by atoms with E-state index in [1.807, 2.05) is 31.2 Å². The monoisotopic (exact) mass is 476 g/mol. The van der Waals surface area contributed by atoms with Gasteiger partial charge in [0.2, 0.25) is 0 Å². The summed E-state index contributed by atoms with van der Waals surface area (Å²) in [5, 5.41) is 25.0. The summed E-state index contributed by atoms with van der Waals surface area (Å²) in [4.78, 5) is 36.4. The Morgan fingerprint density at radius 3 is 2.71 bits per heavy atom. The summed E-state index contributed by atoms with van der Waals surface area (Å²) >= 11 is 0. The van der Waals surface area contributed by atoms with Gasteiger partial charge in [-0.05, 0) is 32.4 Å². The van der Waals surface area contributed by atoms with Crippen molar-refractivity contribution < 1.29 is 19.2 Å². The standard InChI is InChI=1S/C24H24N6O5/c1-14(2)35-23(31)21-20(13-29-12-19(27-28-29)16-7-4-6-15(3)10-16)25-24(32)26-22(21)17-8-5-9-18(11-17)30(33)34/h4-12,14,22H,13H2,1-3H3,(H2,25,26,32). The first-order valence-electron chi connectivity index (χ1n) is 10.9. The highest BCUT2D eigenvalue weighted by Gasteiger charge is 2.35. The minimum absolute atomic E-state index is 0.0280. The van der Waals surface area contributed by atoms with Gasteiger partial charge in [-0.25, -0.2) is 14.3 Å². The number of esters is 1. The normalized spacial score (nSPS) is 15.5. The van der Waals surface area contributed by atoms with E-state index in [1.165, 1.54) is 22.9 Å². The Labute approximate surface area is 200 Å². The van der Waals surface area contributed by atoms with E-state index in [0.29, 0.717) is 11.3 Å². The average molecular weight is 476 g/mol. The number of nitrogens with zero attached hydrogens (tertiary/aromatic N) is 4. The van der Waals surface area contributed by atoms with Gasteiger partial charge in [0, 0.05) is 17.7 Å². The van der Waals surface area contributed by atoms with Crippen LogP contribution in [0.25, 0.3) is 11.3 Å². The van der Waals surface area contributed by atoms with Gasteiger partial charge in [-0.2, -0.15) is 0 Å². The van der Waals surface area contributed by atoms with Crippen LogP contribution in [-0.2, 0) is 16.1 Å². The van der Waals surface area contributed by atoms with E-state index in [-0.39, 0.29) is 23.5 Å². The molecule has 1 atom stereocenters. The largest absolute Gasteiger partial charge is 0.459 e. The Hall–Kier alpha value is -4.54. The Kier molecular flexibility index (Phi) is 6.58. The first-order chi connectivity index (χ1) is 16.7. The van der Waals surface area contributed by atoms with Crippen molar-refractivity contribution >= 4 is 17.7 Å². The summed E-state index contributed by atoms with van der Waals surface area (Å²) in [5.74, 6) is -0.655. The smallest absolute Gasteiger partial charge is 0.338 e. The van der Waals surface area contributed by atoms with Crippen molar-refractivity contribution in [2.45, 2.75) is 39.5 Å². The van der Waals surface area contributed by atoms with E-state index in [4.69, 9.17) is 4.74 Å². The number of hydrogen-bond acceptors (Lipinski definition) is 7. The molecule has 1 aliphatic heterocycles. The predicted octanol–water partition coefficient (Wildman–Crippen LogP) is 3.42. The molecule has 0 saturated carbocycles. The van der Waals surface area contributed by atoms with E-state index < -0.39 is 29.1 Å². The zero-order valence-electron chi connectivity index (χ0n) is 19.4. The molecular weight excluding hydrogens is 452 g/mol. The van der Waals surface area contributed by atoms with Crippen molar-refractivity contribution in [3.63, 3.8) is 0 Å². The maximum atomic E-state index is 13.1. The number of amides is 2. The van der Waals surface area contributed by atoms with Crippen molar-refractivity contribution in [1.29, 1.82) is 0 Å². The van der Waals surface area contributed by atoms with Crippen molar-refractivity contribution in [3.8, 4) is 11.3 Å². The predicted molar refractivity (Wildman–Crippen MR) is 126 cm³/mol. The minimum Gasteiger partial charge on any atom is -0.459 e.